The van der Waals surface area contributed by atoms with Crippen molar-refractivity contribution in [2.24, 2.45) is 0 Å². The number of nitrogens with one attached hydrogen (secondary N) is 6. The van der Waals surface area contributed by atoms with Crippen LogP contribution in [-0.2, 0) is 0 Å². The maximum absolute atomic E-state index is 5.78. The summed E-state index contributed by atoms with van der Waals surface area (Å²) < 4.78 is 0. The molecule has 0 saturated heterocycles. The standard InChI is InChI=1S/C68H70N12/c1-9-77(10-2)41-17-21-53-45(33-41)49(37-69-53)65-57-25-27-59(73-57)66(50-38-70-54-22-18-42(34-46(50)54)78(11-3)12-4)61-29-31-63(75-61)68(52-40-72-56-24-20-44(36-48(52)56)80(15-7)16-8)64-32-30-62(76-64)67(60-28-26-58(65)74-60)51-39-71-55-23-19-43(35-47(51)55)79(13-5)14-6/h17-40,69-73,76H,9-16H2,1-8H3. The molecule has 0 fully saturated rings. The van der Waals surface area contributed by atoms with E-state index in [2.05, 4.69) is 251 Å². The van der Waals surface area contributed by atoms with Crippen LogP contribution in [0.15, 0.2) is 122 Å². The van der Waals surface area contributed by atoms with Gasteiger partial charge in [-0.2, -0.15) is 0 Å². The average molecular weight is 1060 g/mol. The van der Waals surface area contributed by atoms with Gasteiger partial charge in [-0.05, 0) is 177 Å². The Balaban J connectivity index is 1.18. The van der Waals surface area contributed by atoms with Gasteiger partial charge in [-0.1, -0.05) is 0 Å². The number of H-pyrrole nitrogens is 6. The lowest BCUT2D eigenvalue weighted by atomic mass is 10.0. The van der Waals surface area contributed by atoms with E-state index in [1.54, 1.807) is 0 Å². The first-order chi connectivity index (χ1) is 39.3. The Hall–Kier alpha value is -9.16. The molecule has 12 heteroatoms. The SMILES string of the molecule is CCN(CC)c1ccc2[nH]cc(-c3c4nc(c(-c5c[nH]c6ccc(N(CC)CC)cc56)c5ccc([nH]5)c(-c5c[nH]c6ccc(N(CC)CC)cc56)c5nc(c(-c6c[nH]c7ccc(N(CC)CC)cc67)c6ccc3[nH]6)C=C5)C=C4)c2c1. The minimum absolute atomic E-state index is 0.865. The van der Waals surface area contributed by atoms with Gasteiger partial charge in [-0.25, -0.2) is 9.97 Å². The highest BCUT2D eigenvalue weighted by Crippen LogP contribution is 2.44. The molecule has 13 rings (SSSR count). The van der Waals surface area contributed by atoms with E-state index < -0.39 is 0 Å². The molecule has 8 bridgehead atoms. The highest BCUT2D eigenvalue weighted by atomic mass is 15.1. The summed E-state index contributed by atoms with van der Waals surface area (Å²) in [6.45, 7) is 25.1. The summed E-state index contributed by atoms with van der Waals surface area (Å²) in [5.74, 6) is 0. The summed E-state index contributed by atoms with van der Waals surface area (Å²) in [7, 11) is 0. The fourth-order valence-corrected chi connectivity index (χ4v) is 12.7. The van der Waals surface area contributed by atoms with Gasteiger partial charge < -0.3 is 49.5 Å². The van der Waals surface area contributed by atoms with Crippen molar-refractivity contribution < 1.29 is 0 Å². The summed E-state index contributed by atoms with van der Waals surface area (Å²) >= 11 is 0. The van der Waals surface area contributed by atoms with Gasteiger partial charge in [-0.3, -0.25) is 0 Å². The number of aromatic nitrogens is 8. The number of rotatable bonds is 16. The van der Waals surface area contributed by atoms with Crippen LogP contribution in [0.3, 0.4) is 0 Å². The molecule has 11 aromatic rings. The van der Waals surface area contributed by atoms with Crippen molar-refractivity contribution in [2.75, 3.05) is 72.0 Å². The van der Waals surface area contributed by atoms with Crippen molar-refractivity contribution in [3.63, 3.8) is 0 Å². The van der Waals surface area contributed by atoms with Crippen molar-refractivity contribution in [2.45, 2.75) is 55.4 Å². The summed E-state index contributed by atoms with van der Waals surface area (Å²) in [5, 5.41) is 4.54. The van der Waals surface area contributed by atoms with Crippen LogP contribution in [0.25, 0.3) is 134 Å². The number of anilines is 4. The van der Waals surface area contributed by atoms with E-state index in [1.165, 1.54) is 22.7 Å². The average Bonchev–Trinajstić information content (AvgIpc) is 4.36. The number of nitrogens with zero attached hydrogens (tertiary/aromatic N) is 6. The number of aromatic amines is 6. The fraction of sp³-hybridized carbons (Fsp3) is 0.235. The molecule has 0 amide bonds. The first kappa shape index (κ1) is 50.4. The molecule has 4 aromatic carbocycles. The molecular formula is C68H70N12. The number of hydrogen-bond donors (Lipinski definition) is 6. The topological polar surface area (TPSA) is 133 Å². The van der Waals surface area contributed by atoms with E-state index in [4.69, 9.17) is 9.97 Å². The molecule has 0 saturated carbocycles. The van der Waals surface area contributed by atoms with E-state index in [0.29, 0.717) is 0 Å². The van der Waals surface area contributed by atoms with Crippen molar-refractivity contribution in [1.82, 2.24) is 39.9 Å². The molecule has 6 N–H and O–H groups in total. The molecule has 0 radical (unpaired) electrons. The van der Waals surface area contributed by atoms with E-state index in [1.807, 2.05) is 0 Å². The monoisotopic (exact) mass is 1050 g/mol. The molecule has 9 heterocycles. The Morgan fingerprint density at radius 3 is 0.713 bits per heavy atom. The van der Waals surface area contributed by atoms with E-state index >= 15 is 0 Å². The Morgan fingerprint density at radius 2 is 0.500 bits per heavy atom. The lowest BCUT2D eigenvalue weighted by Crippen LogP contribution is -2.21. The zero-order chi connectivity index (χ0) is 54.8. The van der Waals surface area contributed by atoms with Crippen LogP contribution in [0.4, 0.5) is 22.7 Å². The second-order valence-corrected chi connectivity index (χ2v) is 20.9. The quantitative estimate of drug-likeness (QED) is 0.0571. The number of hydrogen-bond acceptors (Lipinski definition) is 6. The van der Waals surface area contributed by atoms with Gasteiger partial charge >= 0.3 is 0 Å². The Morgan fingerprint density at radius 1 is 0.287 bits per heavy atom. The number of fused-ring (bicyclic) bond motifs is 12. The Kier molecular flexibility index (Phi) is 12.9. The van der Waals surface area contributed by atoms with Crippen LogP contribution >= 0.6 is 0 Å². The van der Waals surface area contributed by atoms with Crippen LogP contribution in [0.5, 0.6) is 0 Å². The fourth-order valence-electron chi connectivity index (χ4n) is 12.7. The minimum Gasteiger partial charge on any atom is -0.372 e. The molecule has 7 aromatic heterocycles. The predicted molar refractivity (Wildman–Crippen MR) is 342 cm³/mol. The smallest absolute Gasteiger partial charge is 0.0738 e. The first-order valence-corrected chi connectivity index (χ1v) is 28.9. The van der Waals surface area contributed by atoms with E-state index in [9.17, 15) is 0 Å². The molecule has 0 atom stereocenters. The Labute approximate surface area is 466 Å². The molecule has 80 heavy (non-hydrogen) atoms. The van der Waals surface area contributed by atoms with Crippen LogP contribution in [-0.4, -0.2) is 92.2 Å². The number of benzene rings is 4. The highest BCUT2D eigenvalue weighted by molar-refractivity contribution is 6.11. The van der Waals surface area contributed by atoms with Crippen LogP contribution in [0, 0.1) is 0 Å². The van der Waals surface area contributed by atoms with Gasteiger partial charge in [0.1, 0.15) is 0 Å². The third kappa shape index (κ3) is 8.35. The van der Waals surface area contributed by atoms with Crippen molar-refractivity contribution in [3.8, 4) is 44.5 Å². The van der Waals surface area contributed by atoms with Gasteiger partial charge in [-0.15, -0.1) is 0 Å². The zero-order valence-corrected chi connectivity index (χ0v) is 47.2. The van der Waals surface area contributed by atoms with Crippen LogP contribution in [0.2, 0.25) is 0 Å². The summed E-state index contributed by atoms with van der Waals surface area (Å²) in [5.41, 5.74) is 24.6. The van der Waals surface area contributed by atoms with E-state index in [-0.39, 0.29) is 0 Å². The molecule has 402 valence electrons. The minimum atomic E-state index is 0.865. The molecular weight excluding hydrogens is 985 g/mol. The van der Waals surface area contributed by atoms with Gasteiger partial charge in [0.05, 0.1) is 22.8 Å². The van der Waals surface area contributed by atoms with Gasteiger partial charge in [0.2, 0.25) is 0 Å². The summed E-state index contributed by atoms with van der Waals surface area (Å²) in [6, 6.07) is 36.0. The molecule has 0 aliphatic carbocycles. The van der Waals surface area contributed by atoms with Crippen molar-refractivity contribution >= 4 is 113 Å². The molecule has 0 unspecified atom stereocenters. The third-order valence-electron chi connectivity index (χ3n) is 17.0. The summed E-state index contributed by atoms with van der Waals surface area (Å²) in [6.07, 6.45) is 17.5. The molecule has 12 nitrogen and oxygen atoms in total. The first-order valence-electron chi connectivity index (χ1n) is 28.9. The predicted octanol–water partition coefficient (Wildman–Crippen LogP) is 16.6. The van der Waals surface area contributed by atoms with Crippen molar-refractivity contribution in [1.29, 1.82) is 0 Å². The lowest BCUT2D eigenvalue weighted by Gasteiger charge is -2.21. The molecule has 2 aliphatic rings. The Bertz CT molecular complexity index is 3840. The van der Waals surface area contributed by atoms with E-state index in [0.717, 1.165) is 185 Å². The summed E-state index contributed by atoms with van der Waals surface area (Å²) in [4.78, 5) is 44.0. The second kappa shape index (κ2) is 20.6. The lowest BCUT2D eigenvalue weighted by molar-refractivity contribution is 0.867. The van der Waals surface area contributed by atoms with Crippen LogP contribution in [0.1, 0.15) is 78.2 Å². The van der Waals surface area contributed by atoms with Crippen LogP contribution < -0.4 is 19.6 Å². The highest BCUT2D eigenvalue weighted by Gasteiger charge is 2.24. The van der Waals surface area contributed by atoms with Crippen molar-refractivity contribution in [3.05, 3.63) is 145 Å². The maximum Gasteiger partial charge on any atom is 0.0738 e. The molecule has 2 aliphatic heterocycles. The maximum atomic E-state index is 5.78. The van der Waals surface area contributed by atoms with Gasteiger partial charge in [0.15, 0.2) is 0 Å². The normalized spacial score (nSPS) is 12.3. The largest absolute Gasteiger partial charge is 0.372 e. The third-order valence-corrected chi connectivity index (χ3v) is 17.0. The van der Waals surface area contributed by atoms with Gasteiger partial charge in [0, 0.05) is 210 Å². The zero-order valence-electron chi connectivity index (χ0n) is 47.2. The molecule has 0 spiro atoms. The second-order valence-electron chi connectivity index (χ2n) is 20.9. The van der Waals surface area contributed by atoms with Gasteiger partial charge in [0.25, 0.3) is 0 Å².